The van der Waals surface area contributed by atoms with Gasteiger partial charge >= 0.3 is 0 Å². The lowest BCUT2D eigenvalue weighted by molar-refractivity contribution is 0.0137. The molecule has 1 rings (SSSR count). The van der Waals surface area contributed by atoms with Crippen molar-refractivity contribution < 1.29 is 15.3 Å². The van der Waals surface area contributed by atoms with Gasteiger partial charge in [-0.3, -0.25) is 0 Å². The number of hydrogen-bond donors (Lipinski definition) is 3. The number of hydrogen-bond acceptors (Lipinski definition) is 4. The van der Waals surface area contributed by atoms with Crippen LogP contribution in [-0.2, 0) is 0 Å². The van der Waals surface area contributed by atoms with E-state index < -0.39 is 12.2 Å². The smallest absolute Gasteiger partial charge is 0.121 e. The topological polar surface area (TPSA) is 109 Å². The number of azide groups is 1. The fraction of sp³-hybridized carbons (Fsp3) is 0.455. The van der Waals surface area contributed by atoms with E-state index in [1.54, 1.807) is 12.1 Å². The Morgan fingerprint density at radius 1 is 1.41 bits per heavy atom. The molecular formula is C11H15N3O3. The first kappa shape index (κ1) is 13.3. The summed E-state index contributed by atoms with van der Waals surface area (Å²) in [5.41, 5.74) is 9.24. The summed E-state index contributed by atoms with van der Waals surface area (Å²) >= 11 is 0. The summed E-state index contributed by atoms with van der Waals surface area (Å²) in [5.74, 6) is -0.0639. The highest BCUT2D eigenvalue weighted by atomic mass is 16.3. The highest BCUT2D eigenvalue weighted by molar-refractivity contribution is 5.37. The zero-order valence-corrected chi connectivity index (χ0v) is 9.48. The van der Waals surface area contributed by atoms with Crippen LogP contribution in [-0.4, -0.2) is 28.0 Å². The molecule has 0 amide bonds. The van der Waals surface area contributed by atoms with Crippen LogP contribution < -0.4 is 0 Å². The number of phenols is 1. The van der Waals surface area contributed by atoms with E-state index in [9.17, 15) is 15.3 Å². The van der Waals surface area contributed by atoms with Gasteiger partial charge in [0.05, 0.1) is 6.10 Å². The van der Waals surface area contributed by atoms with Crippen molar-refractivity contribution in [3.8, 4) is 5.75 Å². The van der Waals surface area contributed by atoms with Gasteiger partial charge in [-0.1, -0.05) is 16.7 Å². The minimum Gasteiger partial charge on any atom is -0.508 e. The highest BCUT2D eigenvalue weighted by Gasteiger charge is 2.20. The van der Waals surface area contributed by atoms with E-state index in [1.807, 2.05) is 6.92 Å². The molecule has 17 heavy (non-hydrogen) atoms. The zero-order valence-electron chi connectivity index (χ0n) is 9.48. The molecule has 0 aliphatic rings. The first-order valence-electron chi connectivity index (χ1n) is 5.22. The molecule has 3 N–H and O–H groups in total. The molecule has 0 aliphatic carbocycles. The van der Waals surface area contributed by atoms with Crippen molar-refractivity contribution in [2.24, 2.45) is 5.11 Å². The monoisotopic (exact) mass is 237 g/mol. The third-order valence-electron chi connectivity index (χ3n) is 2.45. The second-order valence-corrected chi connectivity index (χ2v) is 3.82. The summed E-state index contributed by atoms with van der Waals surface area (Å²) in [6, 6.07) is 4.78. The van der Waals surface area contributed by atoms with E-state index in [1.165, 1.54) is 6.07 Å². The summed E-state index contributed by atoms with van der Waals surface area (Å²) in [5, 5.41) is 32.4. The fourth-order valence-electron chi connectivity index (χ4n) is 1.51. The Morgan fingerprint density at radius 3 is 2.76 bits per heavy atom. The molecule has 92 valence electrons. The Hall–Kier alpha value is -1.75. The quantitative estimate of drug-likeness (QED) is 0.412. The van der Waals surface area contributed by atoms with E-state index in [0.717, 1.165) is 5.56 Å². The van der Waals surface area contributed by atoms with E-state index in [2.05, 4.69) is 10.0 Å². The number of aliphatic hydroxyl groups is 2. The first-order valence-corrected chi connectivity index (χ1v) is 5.22. The molecule has 0 aliphatic heterocycles. The maximum Gasteiger partial charge on any atom is 0.121 e. The third-order valence-corrected chi connectivity index (χ3v) is 2.45. The molecule has 0 bridgehead atoms. The minimum atomic E-state index is -1.19. The predicted molar refractivity (Wildman–Crippen MR) is 62.4 cm³/mol. The lowest BCUT2D eigenvalue weighted by Gasteiger charge is -2.18. The van der Waals surface area contributed by atoms with E-state index in [0.29, 0.717) is 0 Å². The van der Waals surface area contributed by atoms with Crippen LogP contribution in [0.15, 0.2) is 23.3 Å². The van der Waals surface area contributed by atoms with Gasteiger partial charge in [-0.05, 0) is 31.0 Å². The Bertz CT molecular complexity index is 430. The van der Waals surface area contributed by atoms with Gasteiger partial charge in [-0.25, -0.2) is 0 Å². The van der Waals surface area contributed by atoms with Crippen LogP contribution in [0.25, 0.3) is 10.4 Å². The van der Waals surface area contributed by atoms with Gasteiger partial charge in [0.1, 0.15) is 11.9 Å². The Morgan fingerprint density at radius 2 is 2.12 bits per heavy atom. The van der Waals surface area contributed by atoms with E-state index in [4.69, 9.17) is 5.53 Å². The molecule has 6 heteroatoms. The molecule has 6 nitrogen and oxygen atoms in total. The van der Waals surface area contributed by atoms with Gasteiger partial charge in [0.15, 0.2) is 0 Å². The standard InChI is InChI=1S/C11H15N3O3/c1-7-2-3-9(15)8(6-7)11(17)10(16)4-5-13-14-12/h2-3,6,10-11,15-17H,4-5H2,1H3. The number of nitrogens with zero attached hydrogens (tertiary/aromatic N) is 3. The average Bonchev–Trinajstić information content (AvgIpc) is 2.31. The summed E-state index contributed by atoms with van der Waals surface area (Å²) in [6.07, 6.45) is -2.13. The molecule has 0 heterocycles. The van der Waals surface area contributed by atoms with Crippen molar-refractivity contribution >= 4 is 0 Å². The lowest BCUT2D eigenvalue weighted by atomic mass is 9.99. The largest absolute Gasteiger partial charge is 0.508 e. The summed E-state index contributed by atoms with van der Waals surface area (Å²) in [4.78, 5) is 2.55. The molecule has 2 atom stereocenters. The third kappa shape index (κ3) is 3.64. The van der Waals surface area contributed by atoms with Crippen molar-refractivity contribution in [3.05, 3.63) is 39.8 Å². The Kier molecular flexibility index (Phi) is 4.78. The Labute approximate surface area is 98.8 Å². The zero-order chi connectivity index (χ0) is 12.8. The number of rotatable bonds is 5. The maximum atomic E-state index is 9.85. The van der Waals surface area contributed by atoms with Gasteiger partial charge in [0.2, 0.25) is 0 Å². The SMILES string of the molecule is Cc1ccc(O)c(C(O)C(O)CCN=[N+]=[N-])c1. The van der Waals surface area contributed by atoms with Gasteiger partial charge in [-0.15, -0.1) is 0 Å². The van der Waals surface area contributed by atoms with Crippen molar-refractivity contribution in [1.29, 1.82) is 0 Å². The van der Waals surface area contributed by atoms with Crippen LogP contribution in [0.4, 0.5) is 0 Å². The van der Waals surface area contributed by atoms with Gasteiger partial charge in [0, 0.05) is 17.0 Å². The average molecular weight is 237 g/mol. The fourth-order valence-corrected chi connectivity index (χ4v) is 1.51. The number of aliphatic hydroxyl groups excluding tert-OH is 2. The van der Waals surface area contributed by atoms with Crippen LogP contribution in [0, 0.1) is 6.92 Å². The van der Waals surface area contributed by atoms with Crippen molar-refractivity contribution in [2.45, 2.75) is 25.6 Å². The van der Waals surface area contributed by atoms with Crippen molar-refractivity contribution in [3.63, 3.8) is 0 Å². The molecule has 0 radical (unpaired) electrons. The number of aryl methyl sites for hydroxylation is 1. The van der Waals surface area contributed by atoms with Crippen LogP contribution in [0.2, 0.25) is 0 Å². The minimum absolute atomic E-state index is 0.0639. The van der Waals surface area contributed by atoms with Gasteiger partial charge < -0.3 is 15.3 Å². The van der Waals surface area contributed by atoms with Crippen LogP contribution in [0.3, 0.4) is 0 Å². The van der Waals surface area contributed by atoms with Gasteiger partial charge in [-0.2, -0.15) is 0 Å². The second kappa shape index (κ2) is 6.10. The lowest BCUT2D eigenvalue weighted by Crippen LogP contribution is -2.19. The number of benzene rings is 1. The Balaban J connectivity index is 2.76. The molecule has 0 fully saturated rings. The van der Waals surface area contributed by atoms with E-state index in [-0.39, 0.29) is 24.3 Å². The molecule has 0 saturated heterocycles. The molecule has 1 aromatic carbocycles. The predicted octanol–water partition coefficient (Wildman–Crippen LogP) is 1.80. The molecule has 1 aromatic rings. The van der Waals surface area contributed by atoms with E-state index >= 15 is 0 Å². The van der Waals surface area contributed by atoms with Gasteiger partial charge in [0.25, 0.3) is 0 Å². The van der Waals surface area contributed by atoms with Crippen LogP contribution in [0.5, 0.6) is 5.75 Å². The molecule has 0 aromatic heterocycles. The molecule has 2 unspecified atom stereocenters. The molecule has 0 spiro atoms. The number of phenolic OH excluding ortho intramolecular Hbond substituents is 1. The van der Waals surface area contributed by atoms with Crippen LogP contribution in [0.1, 0.15) is 23.7 Å². The summed E-state index contributed by atoms with van der Waals surface area (Å²) in [7, 11) is 0. The molecule has 0 saturated carbocycles. The normalized spacial score (nSPS) is 13.8. The summed E-state index contributed by atoms with van der Waals surface area (Å²) in [6.45, 7) is 1.92. The van der Waals surface area contributed by atoms with Crippen LogP contribution >= 0.6 is 0 Å². The van der Waals surface area contributed by atoms with Crippen molar-refractivity contribution in [2.75, 3.05) is 6.54 Å². The summed E-state index contributed by atoms with van der Waals surface area (Å²) < 4.78 is 0. The highest BCUT2D eigenvalue weighted by Crippen LogP contribution is 2.28. The first-order chi connectivity index (χ1) is 8.06. The second-order valence-electron chi connectivity index (χ2n) is 3.82. The molecular weight excluding hydrogens is 222 g/mol. The van der Waals surface area contributed by atoms with Crippen molar-refractivity contribution in [1.82, 2.24) is 0 Å². The maximum absolute atomic E-state index is 9.85. The number of aromatic hydroxyl groups is 1.